The monoisotopic (exact) mass is 435 g/mol. The molecule has 3 aromatic rings. The number of ether oxygens (including phenoxy) is 2. The van der Waals surface area contributed by atoms with Gasteiger partial charge in [0, 0.05) is 30.8 Å². The Bertz CT molecular complexity index is 1120. The van der Waals surface area contributed by atoms with Crippen LogP contribution in [0.4, 0.5) is 4.39 Å². The molecule has 0 radical (unpaired) electrons. The summed E-state index contributed by atoms with van der Waals surface area (Å²) in [6, 6.07) is 11.7. The van der Waals surface area contributed by atoms with Crippen LogP contribution in [0.1, 0.15) is 40.6 Å². The fourth-order valence-corrected chi connectivity index (χ4v) is 4.26. The van der Waals surface area contributed by atoms with E-state index in [2.05, 4.69) is 4.98 Å². The SMILES string of the molecule is COc1cccc(C(=O)N2CCCC(c3nc(C)ncc3-c3ccc(F)cc3)C2)c1OC. The normalized spacial score (nSPS) is 16.0. The lowest BCUT2D eigenvalue weighted by atomic mass is 9.89. The second kappa shape index (κ2) is 9.34. The molecular formula is C25H26FN3O3. The van der Waals surface area contributed by atoms with Gasteiger partial charge in [-0.2, -0.15) is 0 Å². The summed E-state index contributed by atoms with van der Waals surface area (Å²) in [4.78, 5) is 24.3. The first-order valence-electron chi connectivity index (χ1n) is 10.6. The maximum atomic E-state index is 13.4. The first-order chi connectivity index (χ1) is 15.5. The smallest absolute Gasteiger partial charge is 0.257 e. The zero-order valence-corrected chi connectivity index (χ0v) is 18.5. The Morgan fingerprint density at radius 3 is 2.62 bits per heavy atom. The third-order valence-corrected chi connectivity index (χ3v) is 5.82. The number of aryl methyl sites for hydroxylation is 1. The Hall–Kier alpha value is -3.48. The Morgan fingerprint density at radius 1 is 1.12 bits per heavy atom. The minimum atomic E-state index is -0.287. The lowest BCUT2D eigenvalue weighted by Crippen LogP contribution is -2.39. The fraction of sp³-hybridized carbons (Fsp3) is 0.320. The van der Waals surface area contributed by atoms with Crippen molar-refractivity contribution in [2.24, 2.45) is 0 Å². The molecule has 32 heavy (non-hydrogen) atoms. The van der Waals surface area contributed by atoms with Gasteiger partial charge in [0.1, 0.15) is 11.6 Å². The van der Waals surface area contributed by atoms with Gasteiger partial charge in [-0.05, 0) is 49.6 Å². The Balaban J connectivity index is 1.65. The number of likely N-dealkylation sites (tertiary alicyclic amines) is 1. The molecule has 7 heteroatoms. The van der Waals surface area contributed by atoms with Crippen LogP contribution in [0.5, 0.6) is 11.5 Å². The van der Waals surface area contributed by atoms with Gasteiger partial charge in [-0.25, -0.2) is 14.4 Å². The maximum Gasteiger partial charge on any atom is 0.257 e. The van der Waals surface area contributed by atoms with Crippen molar-refractivity contribution in [1.82, 2.24) is 14.9 Å². The molecule has 1 amide bonds. The van der Waals surface area contributed by atoms with Gasteiger partial charge in [0.2, 0.25) is 0 Å². The lowest BCUT2D eigenvalue weighted by Gasteiger charge is -2.33. The van der Waals surface area contributed by atoms with Crippen LogP contribution < -0.4 is 9.47 Å². The zero-order chi connectivity index (χ0) is 22.7. The Morgan fingerprint density at radius 2 is 1.91 bits per heavy atom. The van der Waals surface area contributed by atoms with Crippen molar-refractivity contribution in [3.63, 3.8) is 0 Å². The minimum absolute atomic E-state index is 0.0473. The standard InChI is InChI=1S/C25H26FN3O3/c1-16-27-14-21(17-9-11-19(26)12-10-17)23(28-16)18-6-5-13-29(15-18)25(30)20-7-4-8-22(31-2)24(20)32-3/h4,7-12,14,18H,5-6,13,15H2,1-3H3. The van der Waals surface area contributed by atoms with Crippen molar-refractivity contribution in [3.05, 3.63) is 71.6 Å². The van der Waals surface area contributed by atoms with Crippen LogP contribution in [0.2, 0.25) is 0 Å². The summed E-state index contributed by atoms with van der Waals surface area (Å²) in [5.41, 5.74) is 3.09. The van der Waals surface area contributed by atoms with E-state index in [0.717, 1.165) is 29.7 Å². The van der Waals surface area contributed by atoms with E-state index in [1.54, 1.807) is 43.6 Å². The first-order valence-corrected chi connectivity index (χ1v) is 10.6. The number of halogens is 1. The van der Waals surface area contributed by atoms with Crippen molar-refractivity contribution in [3.8, 4) is 22.6 Å². The van der Waals surface area contributed by atoms with E-state index in [1.807, 2.05) is 11.8 Å². The number of para-hydroxylation sites is 1. The molecule has 1 aliphatic heterocycles. The second-order valence-electron chi connectivity index (χ2n) is 7.85. The molecule has 0 aliphatic carbocycles. The number of methoxy groups -OCH3 is 2. The number of benzene rings is 2. The van der Waals surface area contributed by atoms with E-state index in [1.165, 1.54) is 19.2 Å². The average molecular weight is 435 g/mol. The van der Waals surface area contributed by atoms with E-state index in [4.69, 9.17) is 14.5 Å². The van der Waals surface area contributed by atoms with Crippen LogP contribution >= 0.6 is 0 Å². The molecule has 6 nitrogen and oxygen atoms in total. The van der Waals surface area contributed by atoms with Gasteiger partial charge in [0.25, 0.3) is 5.91 Å². The molecule has 1 fully saturated rings. The van der Waals surface area contributed by atoms with Gasteiger partial charge >= 0.3 is 0 Å². The molecule has 0 N–H and O–H groups in total. The summed E-state index contributed by atoms with van der Waals surface area (Å²) >= 11 is 0. The van der Waals surface area contributed by atoms with Crippen molar-refractivity contribution < 1.29 is 18.7 Å². The predicted molar refractivity (Wildman–Crippen MR) is 120 cm³/mol. The molecule has 0 saturated carbocycles. The van der Waals surface area contributed by atoms with Crippen LogP contribution in [-0.4, -0.2) is 48.1 Å². The molecule has 0 spiro atoms. The Kier molecular flexibility index (Phi) is 6.35. The van der Waals surface area contributed by atoms with Crippen molar-refractivity contribution in [2.75, 3.05) is 27.3 Å². The van der Waals surface area contributed by atoms with Gasteiger partial charge in [-0.1, -0.05) is 18.2 Å². The van der Waals surface area contributed by atoms with E-state index in [-0.39, 0.29) is 17.6 Å². The number of carbonyl (C=O) groups is 1. The first kappa shape index (κ1) is 21.7. The molecule has 1 unspecified atom stereocenters. The highest BCUT2D eigenvalue weighted by Crippen LogP contribution is 2.36. The van der Waals surface area contributed by atoms with Gasteiger partial charge in [0.05, 0.1) is 25.5 Å². The molecular weight excluding hydrogens is 409 g/mol. The van der Waals surface area contributed by atoms with E-state index in [0.29, 0.717) is 36.0 Å². The summed E-state index contributed by atoms with van der Waals surface area (Å²) in [6.07, 6.45) is 3.55. The molecule has 166 valence electrons. The summed E-state index contributed by atoms with van der Waals surface area (Å²) < 4.78 is 24.3. The van der Waals surface area contributed by atoms with Gasteiger partial charge in [-0.3, -0.25) is 4.79 Å². The van der Waals surface area contributed by atoms with E-state index in [9.17, 15) is 9.18 Å². The summed E-state index contributed by atoms with van der Waals surface area (Å²) in [5, 5.41) is 0. The van der Waals surface area contributed by atoms with Crippen molar-refractivity contribution >= 4 is 5.91 Å². The molecule has 2 heterocycles. The van der Waals surface area contributed by atoms with Gasteiger partial charge < -0.3 is 14.4 Å². The number of aromatic nitrogens is 2. The summed E-state index contributed by atoms with van der Waals surface area (Å²) in [6.45, 7) is 3.04. The highest BCUT2D eigenvalue weighted by molar-refractivity contribution is 5.98. The van der Waals surface area contributed by atoms with E-state index < -0.39 is 0 Å². The fourth-order valence-electron chi connectivity index (χ4n) is 4.26. The lowest BCUT2D eigenvalue weighted by molar-refractivity contribution is 0.0702. The van der Waals surface area contributed by atoms with Crippen molar-refractivity contribution in [1.29, 1.82) is 0 Å². The Labute approximate surface area is 187 Å². The number of amides is 1. The van der Waals surface area contributed by atoms with Gasteiger partial charge in [-0.15, -0.1) is 0 Å². The molecule has 1 saturated heterocycles. The van der Waals surface area contributed by atoms with E-state index >= 15 is 0 Å². The zero-order valence-electron chi connectivity index (χ0n) is 18.5. The quantitative estimate of drug-likeness (QED) is 0.585. The van der Waals surface area contributed by atoms with Crippen LogP contribution in [0.15, 0.2) is 48.7 Å². The topological polar surface area (TPSA) is 64.5 Å². The third kappa shape index (κ3) is 4.28. The van der Waals surface area contributed by atoms with Crippen LogP contribution in [0.3, 0.4) is 0 Å². The third-order valence-electron chi connectivity index (χ3n) is 5.82. The molecule has 4 rings (SSSR count). The molecule has 1 aromatic heterocycles. The highest BCUT2D eigenvalue weighted by Gasteiger charge is 2.30. The molecule has 2 aromatic carbocycles. The average Bonchev–Trinajstić information content (AvgIpc) is 2.83. The number of rotatable bonds is 5. The summed E-state index contributed by atoms with van der Waals surface area (Å²) in [7, 11) is 3.09. The second-order valence-corrected chi connectivity index (χ2v) is 7.85. The maximum absolute atomic E-state index is 13.4. The molecule has 1 atom stereocenters. The highest BCUT2D eigenvalue weighted by atomic mass is 19.1. The van der Waals surface area contributed by atoms with Crippen LogP contribution in [0, 0.1) is 12.7 Å². The number of hydrogen-bond donors (Lipinski definition) is 0. The van der Waals surface area contributed by atoms with Crippen LogP contribution in [0.25, 0.3) is 11.1 Å². The van der Waals surface area contributed by atoms with Crippen LogP contribution in [-0.2, 0) is 0 Å². The molecule has 0 bridgehead atoms. The largest absolute Gasteiger partial charge is 0.493 e. The van der Waals surface area contributed by atoms with Crippen molar-refractivity contribution in [2.45, 2.75) is 25.7 Å². The minimum Gasteiger partial charge on any atom is -0.493 e. The number of carbonyl (C=O) groups excluding carboxylic acids is 1. The number of hydrogen-bond acceptors (Lipinski definition) is 5. The number of nitrogens with zero attached hydrogens (tertiary/aromatic N) is 3. The molecule has 1 aliphatic rings. The number of piperidine rings is 1. The van der Waals surface area contributed by atoms with Gasteiger partial charge in [0.15, 0.2) is 11.5 Å². The predicted octanol–water partition coefficient (Wildman–Crippen LogP) is 4.63. The summed E-state index contributed by atoms with van der Waals surface area (Å²) in [5.74, 6) is 1.29.